The molecule has 72 valence electrons. The van der Waals surface area contributed by atoms with Gasteiger partial charge in [0.25, 0.3) is 0 Å². The minimum atomic E-state index is -0.487. The molecule has 1 aromatic rings. The third-order valence-electron chi connectivity index (χ3n) is 1.88. The van der Waals surface area contributed by atoms with Crippen molar-refractivity contribution in [2.24, 2.45) is 0 Å². The maximum Gasteiger partial charge on any atom is 0.125 e. The van der Waals surface area contributed by atoms with Gasteiger partial charge in [0, 0.05) is 10.5 Å². The highest BCUT2D eigenvalue weighted by atomic mass is 32.2. The van der Waals surface area contributed by atoms with Crippen molar-refractivity contribution in [3.63, 3.8) is 0 Å². The van der Waals surface area contributed by atoms with Crippen molar-refractivity contribution in [1.82, 2.24) is 0 Å². The lowest BCUT2D eigenvalue weighted by atomic mass is 10.1. The van der Waals surface area contributed by atoms with Gasteiger partial charge in [0.05, 0.1) is 13.2 Å². The molecule has 1 unspecified atom stereocenters. The van der Waals surface area contributed by atoms with Gasteiger partial charge in [-0.05, 0) is 25.3 Å². The molecule has 0 aliphatic heterocycles. The smallest absolute Gasteiger partial charge is 0.125 e. The number of hydrogen-bond donors (Lipinski definition) is 1. The van der Waals surface area contributed by atoms with E-state index in [2.05, 4.69) is 0 Å². The SMILES string of the molecule is COc1cccc(SC)c1C(C)O. The lowest BCUT2D eigenvalue weighted by molar-refractivity contribution is 0.191. The number of hydrogen-bond acceptors (Lipinski definition) is 3. The molecule has 0 aromatic heterocycles. The van der Waals surface area contributed by atoms with Gasteiger partial charge in [-0.15, -0.1) is 11.8 Å². The van der Waals surface area contributed by atoms with Crippen LogP contribution >= 0.6 is 11.8 Å². The second kappa shape index (κ2) is 4.53. The molecule has 0 aliphatic carbocycles. The van der Waals surface area contributed by atoms with Crippen LogP contribution in [0.1, 0.15) is 18.6 Å². The monoisotopic (exact) mass is 198 g/mol. The van der Waals surface area contributed by atoms with Crippen molar-refractivity contribution in [2.45, 2.75) is 17.9 Å². The molecule has 1 N–H and O–H groups in total. The summed E-state index contributed by atoms with van der Waals surface area (Å²) in [5.74, 6) is 0.752. The minimum absolute atomic E-state index is 0.487. The standard InChI is InChI=1S/C10H14O2S/c1-7(11)10-8(12-2)5-4-6-9(10)13-3/h4-7,11H,1-3H3. The topological polar surface area (TPSA) is 29.5 Å². The molecule has 0 fully saturated rings. The van der Waals surface area contributed by atoms with E-state index in [1.54, 1.807) is 25.8 Å². The molecule has 1 rings (SSSR count). The largest absolute Gasteiger partial charge is 0.496 e. The summed E-state index contributed by atoms with van der Waals surface area (Å²) in [6, 6.07) is 5.77. The maximum atomic E-state index is 9.55. The first-order valence-corrected chi connectivity index (χ1v) is 5.32. The van der Waals surface area contributed by atoms with Crippen LogP contribution in [0.5, 0.6) is 5.75 Å². The molecule has 0 saturated carbocycles. The first kappa shape index (κ1) is 10.4. The highest BCUT2D eigenvalue weighted by molar-refractivity contribution is 7.98. The van der Waals surface area contributed by atoms with Crippen LogP contribution in [0.25, 0.3) is 0 Å². The Hall–Kier alpha value is -0.670. The van der Waals surface area contributed by atoms with Crippen LogP contribution in [-0.4, -0.2) is 18.5 Å². The van der Waals surface area contributed by atoms with Crippen molar-refractivity contribution in [2.75, 3.05) is 13.4 Å². The second-order valence-corrected chi connectivity index (χ2v) is 3.60. The Morgan fingerprint density at radius 2 is 2.15 bits per heavy atom. The third kappa shape index (κ3) is 2.17. The first-order valence-electron chi connectivity index (χ1n) is 4.09. The number of benzene rings is 1. The fourth-order valence-corrected chi connectivity index (χ4v) is 2.00. The fraction of sp³-hybridized carbons (Fsp3) is 0.400. The molecule has 2 nitrogen and oxygen atoms in total. The summed E-state index contributed by atoms with van der Waals surface area (Å²) in [7, 11) is 1.62. The number of thioether (sulfide) groups is 1. The van der Waals surface area contributed by atoms with E-state index in [9.17, 15) is 5.11 Å². The van der Waals surface area contributed by atoms with E-state index in [1.807, 2.05) is 24.5 Å². The van der Waals surface area contributed by atoms with E-state index in [4.69, 9.17) is 4.74 Å². The molecular weight excluding hydrogens is 184 g/mol. The Kier molecular flexibility index (Phi) is 3.63. The van der Waals surface area contributed by atoms with Crippen LogP contribution in [0, 0.1) is 0 Å². The van der Waals surface area contributed by atoms with Crippen LogP contribution in [-0.2, 0) is 0 Å². The van der Waals surface area contributed by atoms with E-state index in [1.165, 1.54) is 0 Å². The summed E-state index contributed by atoms with van der Waals surface area (Å²) in [6.45, 7) is 1.75. The Bertz CT molecular complexity index is 262. The highest BCUT2D eigenvalue weighted by Crippen LogP contribution is 2.33. The Labute approximate surface area is 82.9 Å². The highest BCUT2D eigenvalue weighted by Gasteiger charge is 2.12. The molecule has 0 aliphatic rings. The van der Waals surface area contributed by atoms with E-state index in [-0.39, 0.29) is 0 Å². The van der Waals surface area contributed by atoms with E-state index >= 15 is 0 Å². The van der Waals surface area contributed by atoms with Crippen LogP contribution in [0.3, 0.4) is 0 Å². The van der Waals surface area contributed by atoms with Crippen LogP contribution in [0.4, 0.5) is 0 Å². The zero-order valence-corrected chi connectivity index (χ0v) is 8.89. The molecule has 1 atom stereocenters. The van der Waals surface area contributed by atoms with Crippen molar-refractivity contribution >= 4 is 11.8 Å². The van der Waals surface area contributed by atoms with Gasteiger partial charge in [0.2, 0.25) is 0 Å². The second-order valence-electron chi connectivity index (χ2n) is 2.75. The molecule has 0 bridgehead atoms. The molecule has 1 aromatic carbocycles. The normalized spacial score (nSPS) is 12.6. The van der Waals surface area contributed by atoms with Gasteiger partial charge in [-0.1, -0.05) is 6.07 Å². The average Bonchev–Trinajstić information content (AvgIpc) is 2.16. The first-order chi connectivity index (χ1) is 6.20. The Balaban J connectivity index is 3.21. The summed E-state index contributed by atoms with van der Waals surface area (Å²) in [5.41, 5.74) is 0.873. The quantitative estimate of drug-likeness (QED) is 0.757. The third-order valence-corrected chi connectivity index (χ3v) is 2.68. The molecule has 0 spiro atoms. The molecular formula is C10H14O2S. The summed E-state index contributed by atoms with van der Waals surface area (Å²) >= 11 is 1.61. The number of ether oxygens (including phenoxy) is 1. The maximum absolute atomic E-state index is 9.55. The molecule has 3 heteroatoms. The Morgan fingerprint density at radius 3 is 2.62 bits per heavy atom. The average molecular weight is 198 g/mol. The van der Waals surface area contributed by atoms with Crippen molar-refractivity contribution in [3.05, 3.63) is 23.8 Å². The van der Waals surface area contributed by atoms with Gasteiger partial charge in [-0.2, -0.15) is 0 Å². The van der Waals surface area contributed by atoms with E-state index in [0.717, 1.165) is 16.2 Å². The lowest BCUT2D eigenvalue weighted by Crippen LogP contribution is -1.98. The fourth-order valence-electron chi connectivity index (χ4n) is 1.29. The van der Waals surface area contributed by atoms with Gasteiger partial charge in [0.15, 0.2) is 0 Å². The number of aliphatic hydroxyl groups excluding tert-OH is 1. The van der Waals surface area contributed by atoms with Crippen LogP contribution < -0.4 is 4.74 Å². The zero-order chi connectivity index (χ0) is 9.84. The van der Waals surface area contributed by atoms with E-state index in [0.29, 0.717) is 0 Å². The predicted molar refractivity (Wildman–Crippen MR) is 55.4 cm³/mol. The summed E-state index contributed by atoms with van der Waals surface area (Å²) in [4.78, 5) is 1.06. The van der Waals surface area contributed by atoms with Crippen LogP contribution in [0.2, 0.25) is 0 Å². The van der Waals surface area contributed by atoms with Gasteiger partial charge in [-0.25, -0.2) is 0 Å². The molecule has 0 amide bonds. The van der Waals surface area contributed by atoms with Crippen molar-refractivity contribution in [3.8, 4) is 5.75 Å². The molecule has 13 heavy (non-hydrogen) atoms. The number of rotatable bonds is 3. The minimum Gasteiger partial charge on any atom is -0.496 e. The van der Waals surface area contributed by atoms with Gasteiger partial charge in [0.1, 0.15) is 5.75 Å². The van der Waals surface area contributed by atoms with Crippen molar-refractivity contribution < 1.29 is 9.84 Å². The Morgan fingerprint density at radius 1 is 1.46 bits per heavy atom. The molecule has 0 radical (unpaired) electrons. The predicted octanol–water partition coefficient (Wildman–Crippen LogP) is 2.47. The summed E-state index contributed by atoms with van der Waals surface area (Å²) in [5, 5.41) is 9.55. The van der Waals surface area contributed by atoms with Gasteiger partial charge < -0.3 is 9.84 Å². The summed E-state index contributed by atoms with van der Waals surface area (Å²) < 4.78 is 5.18. The zero-order valence-electron chi connectivity index (χ0n) is 8.07. The molecule has 0 saturated heterocycles. The number of methoxy groups -OCH3 is 1. The summed E-state index contributed by atoms with van der Waals surface area (Å²) in [6.07, 6.45) is 1.50. The van der Waals surface area contributed by atoms with Gasteiger partial charge >= 0.3 is 0 Å². The van der Waals surface area contributed by atoms with E-state index < -0.39 is 6.10 Å². The van der Waals surface area contributed by atoms with Crippen LogP contribution in [0.15, 0.2) is 23.1 Å². The molecule has 0 heterocycles. The number of aliphatic hydroxyl groups is 1. The lowest BCUT2D eigenvalue weighted by Gasteiger charge is -2.14. The van der Waals surface area contributed by atoms with Gasteiger partial charge in [-0.3, -0.25) is 0 Å². The van der Waals surface area contributed by atoms with Crippen molar-refractivity contribution in [1.29, 1.82) is 0 Å².